The lowest BCUT2D eigenvalue weighted by atomic mass is 10.1. The van der Waals surface area contributed by atoms with E-state index >= 15 is 0 Å². The lowest BCUT2D eigenvalue weighted by molar-refractivity contribution is 0.506. The first kappa shape index (κ1) is 12.4. The molecule has 0 radical (unpaired) electrons. The highest BCUT2D eigenvalue weighted by atomic mass is 35.5. The quantitative estimate of drug-likeness (QED) is 0.821. The second-order valence-corrected chi connectivity index (χ2v) is 4.98. The van der Waals surface area contributed by atoms with Gasteiger partial charge in [0.05, 0.1) is 0 Å². The number of anilines is 1. The Morgan fingerprint density at radius 3 is 3.12 bits per heavy atom. The zero-order valence-electron chi connectivity index (χ0n) is 9.52. The van der Waals surface area contributed by atoms with Gasteiger partial charge in [0.2, 0.25) is 5.89 Å². The number of hydrogen-bond donors (Lipinski definition) is 1. The molecule has 0 aliphatic rings. The van der Waals surface area contributed by atoms with Gasteiger partial charge in [0.1, 0.15) is 0 Å². The molecule has 17 heavy (non-hydrogen) atoms. The van der Waals surface area contributed by atoms with Gasteiger partial charge in [-0.05, 0) is 35.7 Å². The lowest BCUT2D eigenvalue weighted by Gasteiger charge is -2.10. The van der Waals surface area contributed by atoms with Crippen LogP contribution in [0.25, 0.3) is 0 Å². The Hall–Kier alpha value is -1.07. The van der Waals surface area contributed by atoms with E-state index in [1.54, 1.807) is 11.3 Å². The second-order valence-electron chi connectivity index (χ2n) is 3.82. The van der Waals surface area contributed by atoms with Gasteiger partial charge in [0.15, 0.2) is 0 Å². The first-order valence-corrected chi connectivity index (χ1v) is 6.91. The van der Waals surface area contributed by atoms with Gasteiger partial charge in [0, 0.05) is 18.3 Å². The number of thiophene rings is 1. The molecule has 0 aliphatic heterocycles. The van der Waals surface area contributed by atoms with Crippen molar-refractivity contribution in [2.24, 2.45) is 0 Å². The van der Waals surface area contributed by atoms with Crippen molar-refractivity contribution in [3.63, 3.8) is 0 Å². The average molecular weight is 272 g/mol. The van der Waals surface area contributed by atoms with Crippen LogP contribution < -0.4 is 5.32 Å². The molecule has 4 nitrogen and oxygen atoms in total. The highest BCUT2D eigenvalue weighted by Crippen LogP contribution is 2.12. The van der Waals surface area contributed by atoms with E-state index in [4.69, 9.17) is 16.0 Å². The molecular weight excluding hydrogens is 258 g/mol. The molecule has 2 heterocycles. The molecule has 0 aromatic carbocycles. The normalized spacial score (nSPS) is 12.6. The summed E-state index contributed by atoms with van der Waals surface area (Å²) in [6.45, 7) is 2.09. The molecule has 1 unspecified atom stereocenters. The molecule has 1 atom stereocenters. The van der Waals surface area contributed by atoms with Gasteiger partial charge in [-0.3, -0.25) is 0 Å². The Labute approximate surface area is 109 Å². The van der Waals surface area contributed by atoms with E-state index in [0.717, 1.165) is 6.42 Å². The Bertz CT molecular complexity index is 443. The van der Waals surface area contributed by atoms with Gasteiger partial charge in [-0.1, -0.05) is 5.10 Å². The van der Waals surface area contributed by atoms with E-state index in [2.05, 4.69) is 39.3 Å². The molecular formula is C11H14ClN3OS. The van der Waals surface area contributed by atoms with Crippen molar-refractivity contribution in [2.45, 2.75) is 25.8 Å². The zero-order chi connectivity index (χ0) is 12.1. The van der Waals surface area contributed by atoms with Crippen molar-refractivity contribution in [1.29, 1.82) is 0 Å². The fourth-order valence-electron chi connectivity index (χ4n) is 1.52. The Morgan fingerprint density at radius 1 is 1.53 bits per heavy atom. The molecule has 0 fully saturated rings. The summed E-state index contributed by atoms with van der Waals surface area (Å²) in [5, 5.41) is 15.2. The summed E-state index contributed by atoms with van der Waals surface area (Å²) < 4.78 is 5.40. The second kappa shape index (κ2) is 6.02. The number of rotatable bonds is 6. The summed E-state index contributed by atoms with van der Waals surface area (Å²) in [5.74, 6) is 1.07. The van der Waals surface area contributed by atoms with Crippen LogP contribution in [0.5, 0.6) is 0 Å². The van der Waals surface area contributed by atoms with Crippen molar-refractivity contribution < 1.29 is 4.42 Å². The Balaban J connectivity index is 1.86. The minimum absolute atomic E-state index is 0.258. The molecule has 0 bridgehead atoms. The molecule has 0 spiro atoms. The van der Waals surface area contributed by atoms with Gasteiger partial charge in [-0.15, -0.1) is 16.7 Å². The number of aryl methyl sites for hydroxylation is 1. The van der Waals surface area contributed by atoms with Crippen LogP contribution in [0.2, 0.25) is 0 Å². The molecule has 92 valence electrons. The van der Waals surface area contributed by atoms with Crippen LogP contribution in [-0.2, 0) is 12.8 Å². The van der Waals surface area contributed by atoms with E-state index in [9.17, 15) is 0 Å². The molecule has 0 amide bonds. The van der Waals surface area contributed by atoms with E-state index in [0.29, 0.717) is 24.2 Å². The molecule has 0 saturated heterocycles. The smallest absolute Gasteiger partial charge is 0.315 e. The van der Waals surface area contributed by atoms with Crippen molar-refractivity contribution in [1.82, 2.24) is 10.2 Å². The number of hydrogen-bond acceptors (Lipinski definition) is 5. The third-order valence-electron chi connectivity index (χ3n) is 2.27. The first-order valence-electron chi connectivity index (χ1n) is 5.44. The first-order chi connectivity index (χ1) is 8.28. The van der Waals surface area contributed by atoms with Crippen LogP contribution in [-0.4, -0.2) is 22.1 Å². The Kier molecular flexibility index (Phi) is 4.39. The summed E-state index contributed by atoms with van der Waals surface area (Å²) in [4.78, 5) is 0. The minimum atomic E-state index is 0.258. The maximum atomic E-state index is 5.60. The third-order valence-corrected chi connectivity index (χ3v) is 3.19. The number of halogens is 1. The third kappa shape index (κ3) is 3.71. The fraction of sp³-hybridized carbons (Fsp3) is 0.455. The average Bonchev–Trinajstić information content (AvgIpc) is 2.91. The van der Waals surface area contributed by atoms with E-state index in [1.807, 2.05) is 0 Å². The molecule has 0 aliphatic carbocycles. The van der Waals surface area contributed by atoms with Crippen LogP contribution in [0.4, 0.5) is 6.01 Å². The zero-order valence-corrected chi connectivity index (χ0v) is 11.1. The van der Waals surface area contributed by atoms with Gasteiger partial charge in [0.25, 0.3) is 0 Å². The Morgan fingerprint density at radius 2 is 2.41 bits per heavy atom. The van der Waals surface area contributed by atoms with Gasteiger partial charge >= 0.3 is 6.01 Å². The summed E-state index contributed by atoms with van der Waals surface area (Å²) >= 11 is 7.30. The van der Waals surface area contributed by atoms with E-state index in [-0.39, 0.29) is 6.04 Å². The summed E-state index contributed by atoms with van der Waals surface area (Å²) in [7, 11) is 0. The van der Waals surface area contributed by atoms with Crippen LogP contribution in [0.3, 0.4) is 0 Å². The maximum Gasteiger partial charge on any atom is 0.315 e. The molecule has 2 aromatic rings. The van der Waals surface area contributed by atoms with Crippen LogP contribution in [0, 0.1) is 0 Å². The van der Waals surface area contributed by atoms with Gasteiger partial charge in [-0.2, -0.15) is 11.3 Å². The standard InChI is InChI=1S/C11H14ClN3OS/c1-8(6-9-3-5-17-7-9)13-11-15-14-10(16-11)2-4-12/h3,5,7-8H,2,4,6H2,1H3,(H,13,15). The summed E-state index contributed by atoms with van der Waals surface area (Å²) in [6.07, 6.45) is 1.55. The van der Waals surface area contributed by atoms with Crippen LogP contribution in [0.15, 0.2) is 21.2 Å². The maximum absolute atomic E-state index is 5.60. The van der Waals surface area contributed by atoms with Crippen LogP contribution >= 0.6 is 22.9 Å². The van der Waals surface area contributed by atoms with Crippen molar-refractivity contribution >= 4 is 29.0 Å². The van der Waals surface area contributed by atoms with Crippen LogP contribution in [0.1, 0.15) is 18.4 Å². The number of aromatic nitrogens is 2. The molecule has 2 aromatic heterocycles. The number of nitrogens with zero attached hydrogens (tertiary/aromatic N) is 2. The SMILES string of the molecule is CC(Cc1ccsc1)Nc1nnc(CCCl)o1. The predicted octanol–water partition coefficient (Wildman–Crippen LogP) is 2.96. The fourth-order valence-corrected chi connectivity index (χ4v) is 2.36. The summed E-state index contributed by atoms with van der Waals surface area (Å²) in [6, 6.07) is 2.84. The van der Waals surface area contributed by atoms with Crippen molar-refractivity contribution in [3.8, 4) is 0 Å². The number of nitrogens with one attached hydrogen (secondary N) is 1. The van der Waals surface area contributed by atoms with Gasteiger partial charge < -0.3 is 9.73 Å². The highest BCUT2D eigenvalue weighted by Gasteiger charge is 2.09. The largest absolute Gasteiger partial charge is 0.408 e. The van der Waals surface area contributed by atoms with Gasteiger partial charge in [-0.25, -0.2) is 0 Å². The molecule has 6 heteroatoms. The predicted molar refractivity (Wildman–Crippen MR) is 69.8 cm³/mol. The number of alkyl halides is 1. The topological polar surface area (TPSA) is 51.0 Å². The highest BCUT2D eigenvalue weighted by molar-refractivity contribution is 7.07. The lowest BCUT2D eigenvalue weighted by Crippen LogP contribution is -2.17. The minimum Gasteiger partial charge on any atom is -0.408 e. The van der Waals surface area contributed by atoms with E-state index < -0.39 is 0 Å². The molecule has 0 saturated carbocycles. The molecule has 1 N–H and O–H groups in total. The van der Waals surface area contributed by atoms with E-state index in [1.165, 1.54) is 5.56 Å². The van der Waals surface area contributed by atoms with Crippen molar-refractivity contribution in [2.75, 3.05) is 11.2 Å². The molecule has 2 rings (SSSR count). The summed E-state index contributed by atoms with van der Waals surface area (Å²) in [5.41, 5.74) is 1.32. The monoisotopic (exact) mass is 271 g/mol. The van der Waals surface area contributed by atoms with Crippen molar-refractivity contribution in [3.05, 3.63) is 28.3 Å².